The molecule has 6 heteroatoms. The molecule has 1 aromatic carbocycles. The summed E-state index contributed by atoms with van der Waals surface area (Å²) in [6.07, 6.45) is 0. The number of ether oxygens (including phenoxy) is 1. The number of rotatable bonds is 4. The average molecular weight is 296 g/mol. The van der Waals surface area contributed by atoms with Gasteiger partial charge in [-0.15, -0.1) is 0 Å². The number of hydrogen-bond acceptors (Lipinski definition) is 4. The largest absolute Gasteiger partial charge is 0.483 e. The number of amides is 1. The first-order valence-corrected chi connectivity index (χ1v) is 7.62. The number of thioether (sulfide) groups is 1. The van der Waals surface area contributed by atoms with E-state index in [9.17, 15) is 4.79 Å². The summed E-state index contributed by atoms with van der Waals surface area (Å²) in [5, 5.41) is 0. The Morgan fingerprint density at radius 1 is 1.37 bits per heavy atom. The van der Waals surface area contributed by atoms with Gasteiger partial charge < -0.3 is 15.4 Å². The Morgan fingerprint density at radius 3 is 2.74 bits per heavy atom. The minimum atomic E-state index is 0.0121. The molecule has 1 fully saturated rings. The topological polar surface area (TPSA) is 55.6 Å². The zero-order valence-electron chi connectivity index (χ0n) is 10.5. The van der Waals surface area contributed by atoms with Crippen molar-refractivity contribution in [1.29, 1.82) is 0 Å². The quantitative estimate of drug-likeness (QED) is 0.848. The fourth-order valence-corrected chi connectivity index (χ4v) is 2.91. The monoisotopic (exact) mass is 296 g/mol. The molecule has 1 aromatic rings. The highest BCUT2D eigenvalue weighted by Gasteiger charge is 2.17. The molecular formula is C13H16N2O2S2. The molecule has 1 amide bonds. The maximum atomic E-state index is 12.0. The van der Waals surface area contributed by atoms with Crippen molar-refractivity contribution in [2.24, 2.45) is 5.73 Å². The number of thiocarbonyl (C=S) groups is 1. The Hall–Kier alpha value is -1.27. The molecule has 0 atom stereocenters. The van der Waals surface area contributed by atoms with Gasteiger partial charge in [-0.05, 0) is 12.1 Å². The van der Waals surface area contributed by atoms with Crippen LogP contribution in [-0.2, 0) is 4.79 Å². The summed E-state index contributed by atoms with van der Waals surface area (Å²) in [5.41, 5.74) is 6.28. The van der Waals surface area contributed by atoms with Gasteiger partial charge in [-0.3, -0.25) is 4.79 Å². The summed E-state index contributed by atoms with van der Waals surface area (Å²) in [7, 11) is 0. The van der Waals surface area contributed by atoms with E-state index in [0.29, 0.717) is 11.3 Å². The van der Waals surface area contributed by atoms with Crippen molar-refractivity contribution < 1.29 is 9.53 Å². The van der Waals surface area contributed by atoms with Crippen LogP contribution in [0.1, 0.15) is 5.56 Å². The summed E-state index contributed by atoms with van der Waals surface area (Å²) in [4.78, 5) is 14.1. The van der Waals surface area contributed by atoms with E-state index in [2.05, 4.69) is 0 Å². The molecule has 1 heterocycles. The van der Waals surface area contributed by atoms with E-state index < -0.39 is 0 Å². The first-order valence-electron chi connectivity index (χ1n) is 6.05. The smallest absolute Gasteiger partial charge is 0.260 e. The standard InChI is InChI=1S/C13H16N2O2S2/c14-13(18)10-3-1-2-4-11(10)17-9-12(16)15-5-7-19-8-6-15/h1-4H,5-9H2,(H2,14,18). The number of carbonyl (C=O) groups is 1. The summed E-state index contributed by atoms with van der Waals surface area (Å²) < 4.78 is 5.55. The molecule has 0 saturated carbocycles. The lowest BCUT2D eigenvalue weighted by molar-refractivity contribution is -0.132. The third kappa shape index (κ3) is 3.84. The molecule has 0 radical (unpaired) electrons. The molecule has 0 unspecified atom stereocenters. The van der Waals surface area contributed by atoms with Gasteiger partial charge in [0.2, 0.25) is 0 Å². The van der Waals surface area contributed by atoms with Crippen LogP contribution in [0.2, 0.25) is 0 Å². The van der Waals surface area contributed by atoms with Gasteiger partial charge in [0.25, 0.3) is 5.91 Å². The van der Waals surface area contributed by atoms with E-state index in [4.69, 9.17) is 22.7 Å². The van der Waals surface area contributed by atoms with Crippen molar-refractivity contribution in [2.75, 3.05) is 31.2 Å². The second kappa shape index (κ2) is 6.77. The normalized spacial score (nSPS) is 15.1. The zero-order valence-corrected chi connectivity index (χ0v) is 12.1. The predicted octanol–water partition coefficient (Wildman–Crippen LogP) is 1.28. The second-order valence-corrected chi connectivity index (χ2v) is 5.81. The highest BCUT2D eigenvalue weighted by atomic mass is 32.2. The van der Waals surface area contributed by atoms with Gasteiger partial charge in [0.1, 0.15) is 10.7 Å². The average Bonchev–Trinajstić information content (AvgIpc) is 2.46. The van der Waals surface area contributed by atoms with Crippen LogP contribution < -0.4 is 10.5 Å². The second-order valence-electron chi connectivity index (χ2n) is 4.14. The minimum absolute atomic E-state index is 0.0121. The Kier molecular flexibility index (Phi) is 5.04. The molecule has 0 bridgehead atoms. The van der Waals surface area contributed by atoms with Crippen molar-refractivity contribution in [3.63, 3.8) is 0 Å². The highest BCUT2D eigenvalue weighted by Crippen LogP contribution is 2.18. The predicted molar refractivity (Wildman–Crippen MR) is 81.7 cm³/mol. The van der Waals surface area contributed by atoms with Crippen LogP contribution in [-0.4, -0.2) is 47.0 Å². The molecule has 0 spiro atoms. The van der Waals surface area contributed by atoms with Crippen molar-refractivity contribution in [3.8, 4) is 5.75 Å². The van der Waals surface area contributed by atoms with E-state index in [1.165, 1.54) is 0 Å². The maximum Gasteiger partial charge on any atom is 0.260 e. The van der Waals surface area contributed by atoms with Crippen LogP contribution in [0.25, 0.3) is 0 Å². The van der Waals surface area contributed by atoms with Crippen molar-refractivity contribution in [3.05, 3.63) is 29.8 Å². The van der Waals surface area contributed by atoms with Crippen molar-refractivity contribution in [1.82, 2.24) is 4.90 Å². The molecular weight excluding hydrogens is 280 g/mol. The zero-order chi connectivity index (χ0) is 13.7. The molecule has 2 rings (SSSR count). The number of hydrogen-bond donors (Lipinski definition) is 1. The first kappa shape index (κ1) is 14.1. The van der Waals surface area contributed by atoms with Crippen LogP contribution in [0.5, 0.6) is 5.75 Å². The van der Waals surface area contributed by atoms with Gasteiger partial charge >= 0.3 is 0 Å². The summed E-state index contributed by atoms with van der Waals surface area (Å²) >= 11 is 6.82. The molecule has 2 N–H and O–H groups in total. The van der Waals surface area contributed by atoms with Gasteiger partial charge in [0, 0.05) is 24.6 Å². The number of para-hydroxylation sites is 1. The number of benzene rings is 1. The molecule has 4 nitrogen and oxygen atoms in total. The van der Waals surface area contributed by atoms with E-state index in [1.54, 1.807) is 12.1 Å². The third-order valence-electron chi connectivity index (χ3n) is 2.87. The minimum Gasteiger partial charge on any atom is -0.483 e. The van der Waals surface area contributed by atoms with Gasteiger partial charge in [0.05, 0.1) is 5.56 Å². The molecule has 0 aromatic heterocycles. The Morgan fingerprint density at radius 2 is 2.05 bits per heavy atom. The van der Waals surface area contributed by atoms with Gasteiger partial charge in [0.15, 0.2) is 6.61 Å². The molecule has 102 valence electrons. The summed E-state index contributed by atoms with van der Waals surface area (Å²) in [6, 6.07) is 7.23. The molecule has 1 aliphatic heterocycles. The third-order valence-corrected chi connectivity index (χ3v) is 4.03. The van der Waals surface area contributed by atoms with Crippen LogP contribution in [0.15, 0.2) is 24.3 Å². The maximum absolute atomic E-state index is 12.0. The lowest BCUT2D eigenvalue weighted by atomic mass is 10.2. The van der Waals surface area contributed by atoms with E-state index in [1.807, 2.05) is 28.8 Å². The fourth-order valence-electron chi connectivity index (χ4n) is 1.84. The molecule has 1 aliphatic rings. The molecule has 0 aliphatic carbocycles. The molecule has 19 heavy (non-hydrogen) atoms. The van der Waals surface area contributed by atoms with Crippen LogP contribution in [0.3, 0.4) is 0 Å². The van der Waals surface area contributed by atoms with Gasteiger partial charge in [-0.2, -0.15) is 11.8 Å². The summed E-state index contributed by atoms with van der Waals surface area (Å²) in [5.74, 6) is 2.57. The molecule has 1 saturated heterocycles. The Balaban J connectivity index is 1.94. The van der Waals surface area contributed by atoms with E-state index in [0.717, 1.165) is 24.6 Å². The Labute approximate surface area is 122 Å². The van der Waals surface area contributed by atoms with Crippen LogP contribution >= 0.6 is 24.0 Å². The van der Waals surface area contributed by atoms with Gasteiger partial charge in [-0.25, -0.2) is 0 Å². The lowest BCUT2D eigenvalue weighted by Crippen LogP contribution is -2.40. The Bertz CT molecular complexity index is 473. The number of carbonyl (C=O) groups excluding carboxylic acids is 1. The highest BCUT2D eigenvalue weighted by molar-refractivity contribution is 7.99. The van der Waals surface area contributed by atoms with Crippen molar-refractivity contribution in [2.45, 2.75) is 0 Å². The van der Waals surface area contributed by atoms with E-state index in [-0.39, 0.29) is 17.5 Å². The van der Waals surface area contributed by atoms with Crippen LogP contribution in [0.4, 0.5) is 0 Å². The van der Waals surface area contributed by atoms with Crippen molar-refractivity contribution >= 4 is 34.9 Å². The summed E-state index contributed by atoms with van der Waals surface area (Å²) in [6.45, 7) is 1.62. The van der Waals surface area contributed by atoms with Gasteiger partial charge in [-0.1, -0.05) is 24.4 Å². The number of nitrogens with zero attached hydrogens (tertiary/aromatic N) is 1. The van der Waals surface area contributed by atoms with E-state index >= 15 is 0 Å². The lowest BCUT2D eigenvalue weighted by Gasteiger charge is -2.26. The fraction of sp³-hybridized carbons (Fsp3) is 0.385. The number of nitrogens with two attached hydrogens (primary N) is 1. The van der Waals surface area contributed by atoms with Crippen LogP contribution in [0, 0.1) is 0 Å². The SMILES string of the molecule is NC(=S)c1ccccc1OCC(=O)N1CCSCC1. The first-order chi connectivity index (χ1) is 9.18.